The van der Waals surface area contributed by atoms with Crippen LogP contribution < -0.4 is 0 Å². The number of nitrogens with zero attached hydrogens (tertiary/aromatic N) is 3. The fraction of sp³-hybridized carbons (Fsp3) is 0.621. The maximum Gasteiger partial charge on any atom is 0.410 e. The van der Waals surface area contributed by atoms with Crippen LogP contribution in [0.2, 0.25) is 18.1 Å². The SMILES string of the molecule is C=CCON([C@H]1CN(C(=O)OC(C)(C)C)[C@@H](CO[Si](C)(C)C(C)(C)C)C=C1C1CC1)S(=O)(=O)c1ccccc1[N+](=O)[O-]. The summed E-state index contributed by atoms with van der Waals surface area (Å²) in [6, 6.07) is 3.70. The Balaban J connectivity index is 2.13. The van der Waals surface area contributed by atoms with Crippen LogP contribution in [0.4, 0.5) is 10.5 Å². The van der Waals surface area contributed by atoms with Crippen LogP contribution in [-0.4, -0.2) is 74.6 Å². The Labute approximate surface area is 250 Å². The maximum atomic E-state index is 14.1. The lowest BCUT2D eigenvalue weighted by atomic mass is 9.95. The molecule has 1 amide bonds. The predicted octanol–water partition coefficient (Wildman–Crippen LogP) is 6.05. The van der Waals surface area contributed by atoms with Crippen molar-refractivity contribution in [2.45, 2.75) is 95.1 Å². The van der Waals surface area contributed by atoms with E-state index in [-0.39, 0.29) is 30.7 Å². The molecule has 1 aliphatic carbocycles. The molecule has 1 heterocycles. The predicted molar refractivity (Wildman–Crippen MR) is 163 cm³/mol. The summed E-state index contributed by atoms with van der Waals surface area (Å²) in [7, 11) is -6.76. The molecule has 3 rings (SSSR count). The van der Waals surface area contributed by atoms with E-state index in [0.29, 0.717) is 0 Å². The quantitative estimate of drug-likeness (QED) is 0.126. The van der Waals surface area contributed by atoms with Gasteiger partial charge in [0.1, 0.15) is 5.60 Å². The molecule has 0 N–H and O–H groups in total. The zero-order valence-corrected chi connectivity index (χ0v) is 27.8. The second kappa shape index (κ2) is 12.6. The lowest BCUT2D eigenvalue weighted by molar-refractivity contribution is -0.388. The van der Waals surface area contributed by atoms with Crippen molar-refractivity contribution in [3.63, 3.8) is 0 Å². The van der Waals surface area contributed by atoms with Gasteiger partial charge in [0.15, 0.2) is 13.2 Å². The number of benzene rings is 1. The third-order valence-electron chi connectivity index (χ3n) is 7.79. The van der Waals surface area contributed by atoms with Crippen molar-refractivity contribution in [2.75, 3.05) is 19.8 Å². The Hall–Kier alpha value is -2.58. The number of rotatable bonds is 11. The first-order valence-electron chi connectivity index (χ1n) is 14.2. The number of amides is 1. The minimum absolute atomic E-state index is 0.0577. The average Bonchev–Trinajstić information content (AvgIpc) is 3.71. The fourth-order valence-corrected chi connectivity index (χ4v) is 7.01. The van der Waals surface area contributed by atoms with Gasteiger partial charge >= 0.3 is 6.09 Å². The molecule has 0 spiro atoms. The van der Waals surface area contributed by atoms with Crippen LogP contribution >= 0.6 is 0 Å². The molecule has 1 aromatic rings. The van der Waals surface area contributed by atoms with Crippen LogP contribution in [0, 0.1) is 16.0 Å². The summed E-state index contributed by atoms with van der Waals surface area (Å²) in [5.41, 5.74) is -0.569. The van der Waals surface area contributed by atoms with E-state index >= 15 is 0 Å². The first-order valence-corrected chi connectivity index (χ1v) is 18.5. The van der Waals surface area contributed by atoms with Crippen molar-refractivity contribution < 1.29 is 32.1 Å². The molecule has 234 valence electrons. The van der Waals surface area contributed by atoms with Crippen molar-refractivity contribution in [3.05, 3.63) is 58.7 Å². The number of sulfonamides is 1. The molecule has 0 saturated heterocycles. The second-order valence-corrected chi connectivity index (χ2v) is 19.9. The standard InChI is InChI=1S/C29H45N3O8SSi/c1-10-17-38-32(41(36,37)26-14-12-11-13-24(26)31(34)35)25-19-30(27(33)40-28(2,3)4)22(18-23(25)21-15-16-21)20-39-42(8,9)29(5,6)7/h10-14,18,21-22,25H,1,15-17,19-20H2,2-9H3/t22-,25+/m1/s1. The van der Waals surface area contributed by atoms with Gasteiger partial charge in [0.25, 0.3) is 15.7 Å². The number of carbonyl (C=O) groups is 1. The Kier molecular flexibility index (Phi) is 10.1. The van der Waals surface area contributed by atoms with Gasteiger partial charge in [0.2, 0.25) is 0 Å². The average molecular weight is 624 g/mol. The molecule has 0 bridgehead atoms. The highest BCUT2D eigenvalue weighted by Gasteiger charge is 2.48. The van der Waals surface area contributed by atoms with E-state index in [4.69, 9.17) is 14.0 Å². The zero-order chi connectivity index (χ0) is 31.7. The largest absolute Gasteiger partial charge is 0.444 e. The van der Waals surface area contributed by atoms with E-state index in [1.807, 2.05) is 6.08 Å². The summed E-state index contributed by atoms with van der Waals surface area (Å²) in [6.07, 6.45) is 4.39. The summed E-state index contributed by atoms with van der Waals surface area (Å²) in [5.74, 6) is 0.0851. The molecule has 0 aromatic heterocycles. The number of para-hydroxylation sites is 1. The van der Waals surface area contributed by atoms with Crippen LogP contribution in [0.5, 0.6) is 0 Å². The smallest absolute Gasteiger partial charge is 0.410 e. The monoisotopic (exact) mass is 623 g/mol. The van der Waals surface area contributed by atoms with Crippen molar-refractivity contribution in [2.24, 2.45) is 5.92 Å². The highest BCUT2D eigenvalue weighted by atomic mass is 32.2. The van der Waals surface area contributed by atoms with Crippen molar-refractivity contribution in [1.82, 2.24) is 9.37 Å². The summed E-state index contributed by atoms with van der Waals surface area (Å²) < 4.78 is 41.3. The van der Waals surface area contributed by atoms with Crippen LogP contribution in [-0.2, 0) is 24.0 Å². The van der Waals surface area contributed by atoms with Gasteiger partial charge in [0.05, 0.1) is 30.2 Å². The molecule has 1 aromatic carbocycles. The highest BCUT2D eigenvalue weighted by molar-refractivity contribution is 7.89. The summed E-state index contributed by atoms with van der Waals surface area (Å²) >= 11 is 0. The van der Waals surface area contributed by atoms with Crippen LogP contribution in [0.3, 0.4) is 0 Å². The summed E-state index contributed by atoms with van der Waals surface area (Å²) in [5, 5.41) is 11.7. The van der Waals surface area contributed by atoms with E-state index in [0.717, 1.165) is 28.9 Å². The topological polar surface area (TPSA) is 129 Å². The second-order valence-electron chi connectivity index (χ2n) is 13.3. The van der Waals surface area contributed by atoms with Gasteiger partial charge in [0, 0.05) is 12.6 Å². The van der Waals surface area contributed by atoms with E-state index in [2.05, 4.69) is 40.4 Å². The zero-order valence-electron chi connectivity index (χ0n) is 26.0. The minimum Gasteiger partial charge on any atom is -0.444 e. The van der Waals surface area contributed by atoms with Crippen molar-refractivity contribution in [1.29, 1.82) is 0 Å². The molecule has 42 heavy (non-hydrogen) atoms. The van der Waals surface area contributed by atoms with E-state index in [1.54, 1.807) is 20.8 Å². The maximum absolute atomic E-state index is 14.1. The van der Waals surface area contributed by atoms with Gasteiger partial charge in [-0.1, -0.05) is 49.5 Å². The van der Waals surface area contributed by atoms with Crippen molar-refractivity contribution >= 4 is 30.1 Å². The molecule has 1 fully saturated rings. The van der Waals surface area contributed by atoms with E-state index < -0.39 is 57.6 Å². The minimum atomic E-state index is -4.57. The molecule has 2 aliphatic rings. The molecule has 13 heteroatoms. The highest BCUT2D eigenvalue weighted by Crippen LogP contribution is 2.44. The van der Waals surface area contributed by atoms with Crippen LogP contribution in [0.1, 0.15) is 54.4 Å². The number of carbonyl (C=O) groups excluding carboxylic acids is 1. The Morgan fingerprint density at radius 2 is 1.81 bits per heavy atom. The number of nitro benzene ring substituents is 1. The van der Waals surface area contributed by atoms with Gasteiger partial charge in [-0.2, -0.15) is 0 Å². The van der Waals surface area contributed by atoms with Gasteiger partial charge in [-0.3, -0.25) is 19.9 Å². The first-order chi connectivity index (χ1) is 19.3. The van der Waals surface area contributed by atoms with Gasteiger partial charge in [-0.25, -0.2) is 13.2 Å². The van der Waals surface area contributed by atoms with Gasteiger partial charge < -0.3 is 9.16 Å². The first kappa shape index (κ1) is 33.9. The third kappa shape index (κ3) is 7.87. The number of hydrogen-bond donors (Lipinski definition) is 0. The number of hydrogen-bond acceptors (Lipinski definition) is 8. The normalized spacial score (nSPS) is 20.3. The third-order valence-corrected chi connectivity index (χ3v) is 14.0. The molecule has 0 unspecified atom stereocenters. The van der Waals surface area contributed by atoms with Gasteiger partial charge in [-0.05, 0) is 69.3 Å². The number of ether oxygens (including phenoxy) is 1. The Bertz CT molecular complexity index is 1310. The summed E-state index contributed by atoms with van der Waals surface area (Å²) in [6.45, 7) is 19.6. The number of hydroxylamine groups is 1. The molecule has 11 nitrogen and oxygen atoms in total. The summed E-state index contributed by atoms with van der Waals surface area (Å²) in [4.78, 5) is 31.4. The Morgan fingerprint density at radius 3 is 2.33 bits per heavy atom. The lowest BCUT2D eigenvalue weighted by Crippen LogP contribution is -2.57. The molecule has 0 radical (unpaired) electrons. The number of nitro groups is 1. The Morgan fingerprint density at radius 1 is 1.19 bits per heavy atom. The van der Waals surface area contributed by atoms with E-state index in [1.165, 1.54) is 29.2 Å². The molecular weight excluding hydrogens is 578 g/mol. The molecular formula is C29H45N3O8SSi. The fourth-order valence-electron chi connectivity index (χ4n) is 4.42. The van der Waals surface area contributed by atoms with Crippen LogP contribution in [0.15, 0.2) is 53.5 Å². The van der Waals surface area contributed by atoms with E-state index in [9.17, 15) is 23.3 Å². The molecule has 1 saturated carbocycles. The molecule has 1 aliphatic heterocycles. The lowest BCUT2D eigenvalue weighted by Gasteiger charge is -2.44. The van der Waals surface area contributed by atoms with Crippen LogP contribution in [0.25, 0.3) is 0 Å². The van der Waals surface area contributed by atoms with Gasteiger partial charge in [-0.15, -0.1) is 6.58 Å². The van der Waals surface area contributed by atoms with Crippen molar-refractivity contribution in [3.8, 4) is 0 Å². The molecule has 2 atom stereocenters.